The van der Waals surface area contributed by atoms with E-state index in [-0.39, 0.29) is 0 Å². The zero-order valence-corrected chi connectivity index (χ0v) is 7.64. The van der Waals surface area contributed by atoms with E-state index in [9.17, 15) is 0 Å². The Kier molecular flexibility index (Phi) is 3.64. The highest BCUT2D eigenvalue weighted by atomic mass is 15.1. The van der Waals surface area contributed by atoms with Crippen molar-refractivity contribution >= 4 is 5.96 Å². The summed E-state index contributed by atoms with van der Waals surface area (Å²) >= 11 is 0. The molecule has 0 aromatic heterocycles. The smallest absolute Gasteiger partial charge is 0.188 e. The molecule has 0 radical (unpaired) electrons. The van der Waals surface area contributed by atoms with Crippen molar-refractivity contribution in [2.45, 2.75) is 25.7 Å². The van der Waals surface area contributed by atoms with Crippen molar-refractivity contribution in [3.8, 4) is 0 Å². The Hall–Kier alpha value is -0.990. The highest BCUT2D eigenvalue weighted by Crippen LogP contribution is 2.19. The van der Waals surface area contributed by atoms with Gasteiger partial charge in [0, 0.05) is 13.6 Å². The quantitative estimate of drug-likeness (QED) is 0.374. The number of hydrogen-bond acceptors (Lipinski definition) is 1. The van der Waals surface area contributed by atoms with E-state index in [0.29, 0.717) is 5.96 Å². The van der Waals surface area contributed by atoms with Crippen LogP contribution in [0.1, 0.15) is 25.7 Å². The van der Waals surface area contributed by atoms with E-state index in [1.54, 1.807) is 12.6 Å². The molecule has 1 rings (SSSR count). The Morgan fingerprint density at radius 3 is 3.17 bits per heavy atom. The van der Waals surface area contributed by atoms with Crippen LogP contribution < -0.4 is 11.1 Å². The third-order valence-electron chi connectivity index (χ3n) is 2.13. The lowest BCUT2D eigenvalue weighted by Gasteiger charge is -2.04. The molecule has 3 N–H and O–H groups in total. The average molecular weight is 167 g/mol. The summed E-state index contributed by atoms with van der Waals surface area (Å²) in [6.45, 7) is 0.912. The van der Waals surface area contributed by atoms with E-state index in [1.165, 1.54) is 19.3 Å². The van der Waals surface area contributed by atoms with Crippen LogP contribution in [0.4, 0.5) is 0 Å². The summed E-state index contributed by atoms with van der Waals surface area (Å²) in [4.78, 5) is 3.82. The fourth-order valence-corrected chi connectivity index (χ4v) is 1.39. The molecule has 1 aliphatic rings. The molecule has 0 atom stereocenters. The molecule has 3 nitrogen and oxygen atoms in total. The van der Waals surface area contributed by atoms with Crippen LogP contribution in [-0.4, -0.2) is 19.6 Å². The molecule has 0 saturated carbocycles. The first-order valence-electron chi connectivity index (χ1n) is 4.47. The highest BCUT2D eigenvalue weighted by molar-refractivity contribution is 5.77. The number of aliphatic imine (C=N–C) groups is 1. The Balaban J connectivity index is 2.09. The lowest BCUT2D eigenvalue weighted by Crippen LogP contribution is -2.32. The third-order valence-corrected chi connectivity index (χ3v) is 2.13. The Bertz CT molecular complexity index is 194. The first-order valence-corrected chi connectivity index (χ1v) is 4.47. The Labute approximate surface area is 73.7 Å². The van der Waals surface area contributed by atoms with Crippen molar-refractivity contribution in [1.29, 1.82) is 0 Å². The fraction of sp³-hybridized carbons (Fsp3) is 0.667. The maximum absolute atomic E-state index is 5.48. The van der Waals surface area contributed by atoms with Crippen LogP contribution in [0.2, 0.25) is 0 Å². The van der Waals surface area contributed by atoms with Crippen molar-refractivity contribution in [1.82, 2.24) is 5.32 Å². The Morgan fingerprint density at radius 2 is 2.58 bits per heavy atom. The molecule has 0 spiro atoms. The first kappa shape index (κ1) is 9.10. The van der Waals surface area contributed by atoms with Gasteiger partial charge in [-0.2, -0.15) is 0 Å². The van der Waals surface area contributed by atoms with E-state index in [0.717, 1.165) is 13.0 Å². The normalized spacial score (nSPS) is 17.8. The summed E-state index contributed by atoms with van der Waals surface area (Å²) in [5.74, 6) is 0.536. The van der Waals surface area contributed by atoms with E-state index < -0.39 is 0 Å². The number of hydrogen-bond donors (Lipinski definition) is 2. The fourth-order valence-electron chi connectivity index (χ4n) is 1.39. The van der Waals surface area contributed by atoms with Crippen molar-refractivity contribution in [2.75, 3.05) is 13.6 Å². The summed E-state index contributed by atoms with van der Waals surface area (Å²) in [6.07, 6.45) is 7.29. The minimum atomic E-state index is 0.536. The summed E-state index contributed by atoms with van der Waals surface area (Å²) < 4.78 is 0. The van der Waals surface area contributed by atoms with Gasteiger partial charge in [-0.05, 0) is 25.7 Å². The van der Waals surface area contributed by atoms with Gasteiger partial charge in [0.2, 0.25) is 0 Å². The monoisotopic (exact) mass is 167 g/mol. The van der Waals surface area contributed by atoms with Gasteiger partial charge in [0.25, 0.3) is 0 Å². The first-order chi connectivity index (χ1) is 5.83. The summed E-state index contributed by atoms with van der Waals surface area (Å²) in [7, 11) is 1.69. The number of rotatable bonds is 3. The Morgan fingerprint density at radius 1 is 1.75 bits per heavy atom. The third kappa shape index (κ3) is 2.95. The predicted octanol–water partition coefficient (Wildman–Crippen LogP) is 1.02. The molecule has 0 heterocycles. The van der Waals surface area contributed by atoms with Crippen LogP contribution in [-0.2, 0) is 0 Å². The number of nitrogens with zero attached hydrogens (tertiary/aromatic N) is 1. The lowest BCUT2D eigenvalue weighted by molar-refractivity contribution is 0.805. The van der Waals surface area contributed by atoms with E-state index in [2.05, 4.69) is 16.4 Å². The molecule has 0 aliphatic heterocycles. The number of allylic oxidation sites excluding steroid dienone is 1. The van der Waals surface area contributed by atoms with E-state index in [4.69, 9.17) is 5.73 Å². The van der Waals surface area contributed by atoms with E-state index >= 15 is 0 Å². The van der Waals surface area contributed by atoms with Gasteiger partial charge >= 0.3 is 0 Å². The maximum atomic E-state index is 5.48. The minimum Gasteiger partial charge on any atom is -0.370 e. The van der Waals surface area contributed by atoms with Gasteiger partial charge in [-0.3, -0.25) is 4.99 Å². The van der Waals surface area contributed by atoms with Gasteiger partial charge in [0.1, 0.15) is 0 Å². The molecule has 0 fully saturated rings. The molecule has 0 aromatic rings. The zero-order valence-electron chi connectivity index (χ0n) is 7.64. The molecule has 0 bridgehead atoms. The predicted molar refractivity (Wildman–Crippen MR) is 52.1 cm³/mol. The van der Waals surface area contributed by atoms with Gasteiger partial charge in [-0.25, -0.2) is 0 Å². The molecule has 3 heteroatoms. The molecule has 68 valence electrons. The van der Waals surface area contributed by atoms with Crippen LogP contribution in [0, 0.1) is 0 Å². The van der Waals surface area contributed by atoms with Crippen LogP contribution in [0.25, 0.3) is 0 Å². The van der Waals surface area contributed by atoms with Crippen molar-refractivity contribution in [3.63, 3.8) is 0 Å². The van der Waals surface area contributed by atoms with Gasteiger partial charge in [0.15, 0.2) is 5.96 Å². The van der Waals surface area contributed by atoms with Crippen LogP contribution >= 0.6 is 0 Å². The summed E-state index contributed by atoms with van der Waals surface area (Å²) in [5.41, 5.74) is 7.04. The molecule has 1 aliphatic carbocycles. The van der Waals surface area contributed by atoms with Crippen molar-refractivity contribution < 1.29 is 0 Å². The summed E-state index contributed by atoms with van der Waals surface area (Å²) in [6, 6.07) is 0. The van der Waals surface area contributed by atoms with Gasteiger partial charge in [-0.1, -0.05) is 11.6 Å². The standard InChI is InChI=1S/C9H17N3/c1-11-9(10)12-7-6-8-4-2-3-5-8/h4H,2-3,5-7H2,1H3,(H3,10,11,12). The van der Waals surface area contributed by atoms with Crippen molar-refractivity contribution in [2.24, 2.45) is 10.7 Å². The van der Waals surface area contributed by atoms with E-state index in [1.807, 2.05) is 0 Å². The molecule has 12 heavy (non-hydrogen) atoms. The molecular formula is C9H17N3. The molecule has 0 amide bonds. The van der Waals surface area contributed by atoms with Gasteiger partial charge in [0.05, 0.1) is 0 Å². The molecule has 0 saturated heterocycles. The van der Waals surface area contributed by atoms with Gasteiger partial charge in [-0.15, -0.1) is 0 Å². The second-order valence-electron chi connectivity index (χ2n) is 3.04. The summed E-state index contributed by atoms with van der Waals surface area (Å²) in [5, 5.41) is 3.05. The molecule has 0 unspecified atom stereocenters. The second-order valence-corrected chi connectivity index (χ2v) is 3.04. The molecular weight excluding hydrogens is 150 g/mol. The second kappa shape index (κ2) is 4.80. The number of nitrogens with one attached hydrogen (secondary N) is 1. The molecule has 0 aromatic carbocycles. The topological polar surface area (TPSA) is 50.4 Å². The maximum Gasteiger partial charge on any atom is 0.188 e. The van der Waals surface area contributed by atoms with Crippen LogP contribution in [0.5, 0.6) is 0 Å². The minimum absolute atomic E-state index is 0.536. The van der Waals surface area contributed by atoms with Crippen LogP contribution in [0.15, 0.2) is 16.6 Å². The van der Waals surface area contributed by atoms with Crippen molar-refractivity contribution in [3.05, 3.63) is 11.6 Å². The SMILES string of the molecule is CN=C(N)NCCC1=CCCC1. The lowest BCUT2D eigenvalue weighted by atomic mass is 10.2. The highest BCUT2D eigenvalue weighted by Gasteiger charge is 2.03. The van der Waals surface area contributed by atoms with Gasteiger partial charge < -0.3 is 11.1 Å². The number of guanidine groups is 1. The average Bonchev–Trinajstić information content (AvgIpc) is 2.57. The largest absolute Gasteiger partial charge is 0.370 e. The zero-order chi connectivity index (χ0) is 8.81. The van der Waals surface area contributed by atoms with Crippen LogP contribution in [0.3, 0.4) is 0 Å². The number of nitrogens with two attached hydrogens (primary N) is 1.